The number of fused-ring (bicyclic) bond motifs is 1. The first-order chi connectivity index (χ1) is 11.3. The number of hydrogen-bond acceptors (Lipinski definition) is 4. The van der Waals surface area contributed by atoms with E-state index in [1.807, 2.05) is 0 Å². The van der Waals surface area contributed by atoms with E-state index in [1.54, 1.807) is 24.3 Å². The Morgan fingerprint density at radius 3 is 2.67 bits per heavy atom. The van der Waals surface area contributed by atoms with E-state index in [-0.39, 0.29) is 23.6 Å². The van der Waals surface area contributed by atoms with Gasteiger partial charge in [-0.2, -0.15) is 0 Å². The predicted molar refractivity (Wildman–Crippen MR) is 85.7 cm³/mol. The Labute approximate surface area is 138 Å². The number of aliphatic carboxylic acids is 1. The zero-order valence-electron chi connectivity index (χ0n) is 13.3. The molecule has 2 amide bonds. The van der Waals surface area contributed by atoms with Crippen LogP contribution in [0.5, 0.6) is 0 Å². The van der Waals surface area contributed by atoms with Crippen LogP contribution in [0.25, 0.3) is 5.57 Å². The number of nitrogens with one attached hydrogen (secondary N) is 1. The van der Waals surface area contributed by atoms with Crippen molar-refractivity contribution in [2.24, 2.45) is 5.92 Å². The number of aliphatic hydroxyl groups is 1. The Balaban J connectivity index is 2.00. The number of aliphatic hydroxyl groups excluding tert-OH is 1. The van der Waals surface area contributed by atoms with Gasteiger partial charge in [0.15, 0.2) is 0 Å². The molecule has 0 bridgehead atoms. The Morgan fingerprint density at radius 2 is 2.08 bits per heavy atom. The van der Waals surface area contributed by atoms with Crippen molar-refractivity contribution in [2.75, 3.05) is 5.32 Å². The molecule has 2 aliphatic rings. The summed E-state index contributed by atoms with van der Waals surface area (Å²) >= 11 is 0. The van der Waals surface area contributed by atoms with E-state index in [0.29, 0.717) is 23.2 Å². The first-order valence-electron chi connectivity index (χ1n) is 7.67. The maximum absolute atomic E-state index is 12.2. The summed E-state index contributed by atoms with van der Waals surface area (Å²) in [5, 5.41) is 22.0. The second kappa shape index (κ2) is 5.76. The molecular weight excluding hydrogens is 312 g/mol. The zero-order chi connectivity index (χ0) is 17.6. The highest BCUT2D eigenvalue weighted by atomic mass is 16.4. The number of carboxylic acid groups (broad SMARTS) is 1. The number of anilines is 1. The van der Waals surface area contributed by atoms with Gasteiger partial charge in [0.25, 0.3) is 0 Å². The van der Waals surface area contributed by atoms with Crippen LogP contribution in [-0.2, 0) is 14.4 Å². The molecule has 1 saturated heterocycles. The first-order valence-corrected chi connectivity index (χ1v) is 7.67. The molecule has 7 nitrogen and oxygen atoms in total. The summed E-state index contributed by atoms with van der Waals surface area (Å²) in [5.41, 5.74) is 1.70. The van der Waals surface area contributed by atoms with Crippen LogP contribution >= 0.6 is 0 Å². The number of benzene rings is 1. The lowest BCUT2D eigenvalue weighted by Gasteiger charge is -2.44. The SMILES string of the molecule is CC(=O)Nc1cccc(C2=C(C(=O)O)N3C(=O)[C@H]([C@@H](C)O)[C@H]3C2)c1. The quantitative estimate of drug-likeness (QED) is 0.716. The average Bonchev–Trinajstić information content (AvgIpc) is 2.81. The summed E-state index contributed by atoms with van der Waals surface area (Å²) in [6.45, 7) is 2.93. The van der Waals surface area contributed by atoms with Crippen LogP contribution in [0.1, 0.15) is 25.8 Å². The number of β-lactam (4-membered cyclic amide) rings is 1. The molecule has 1 aromatic rings. The van der Waals surface area contributed by atoms with E-state index in [9.17, 15) is 24.6 Å². The van der Waals surface area contributed by atoms with Crippen molar-refractivity contribution in [1.29, 1.82) is 0 Å². The van der Waals surface area contributed by atoms with Gasteiger partial charge in [-0.15, -0.1) is 0 Å². The second-order valence-corrected chi connectivity index (χ2v) is 6.14. The Kier molecular flexibility index (Phi) is 3.88. The van der Waals surface area contributed by atoms with E-state index >= 15 is 0 Å². The summed E-state index contributed by atoms with van der Waals surface area (Å²) in [4.78, 5) is 36.3. The topological polar surface area (TPSA) is 107 Å². The molecule has 7 heteroatoms. The summed E-state index contributed by atoms with van der Waals surface area (Å²) in [5.74, 6) is -2.33. The highest BCUT2D eigenvalue weighted by Gasteiger charge is 2.56. The maximum atomic E-state index is 12.2. The van der Waals surface area contributed by atoms with Crippen molar-refractivity contribution in [2.45, 2.75) is 32.4 Å². The van der Waals surface area contributed by atoms with Crippen LogP contribution in [0.15, 0.2) is 30.0 Å². The van der Waals surface area contributed by atoms with Crippen LogP contribution in [-0.4, -0.2) is 45.0 Å². The fraction of sp³-hybridized carbons (Fsp3) is 0.353. The number of nitrogens with zero attached hydrogens (tertiary/aromatic N) is 1. The molecule has 1 fully saturated rings. The summed E-state index contributed by atoms with van der Waals surface area (Å²) in [7, 11) is 0. The smallest absolute Gasteiger partial charge is 0.352 e. The normalized spacial score (nSPS) is 23.6. The maximum Gasteiger partial charge on any atom is 0.352 e. The lowest BCUT2D eigenvalue weighted by molar-refractivity contribution is -0.161. The van der Waals surface area contributed by atoms with Crippen LogP contribution in [0.3, 0.4) is 0 Å². The molecule has 24 heavy (non-hydrogen) atoms. The van der Waals surface area contributed by atoms with E-state index in [2.05, 4.69) is 5.32 Å². The van der Waals surface area contributed by atoms with Gasteiger partial charge >= 0.3 is 5.97 Å². The monoisotopic (exact) mass is 330 g/mol. The fourth-order valence-corrected chi connectivity index (χ4v) is 3.52. The minimum absolute atomic E-state index is 0.0399. The van der Waals surface area contributed by atoms with Crippen LogP contribution in [0.4, 0.5) is 5.69 Å². The Morgan fingerprint density at radius 1 is 1.38 bits per heavy atom. The lowest BCUT2D eigenvalue weighted by Crippen LogP contribution is -2.61. The van der Waals surface area contributed by atoms with Crippen molar-refractivity contribution < 1.29 is 24.6 Å². The minimum atomic E-state index is -1.17. The van der Waals surface area contributed by atoms with Gasteiger partial charge in [-0.3, -0.25) is 9.59 Å². The highest BCUT2D eigenvalue weighted by Crippen LogP contribution is 2.47. The lowest BCUT2D eigenvalue weighted by atomic mass is 9.82. The molecule has 0 radical (unpaired) electrons. The third kappa shape index (κ3) is 2.46. The fourth-order valence-electron chi connectivity index (χ4n) is 3.52. The van der Waals surface area contributed by atoms with Crippen LogP contribution in [0.2, 0.25) is 0 Å². The van der Waals surface area contributed by atoms with Gasteiger partial charge < -0.3 is 20.4 Å². The molecule has 126 valence electrons. The summed E-state index contributed by atoms with van der Waals surface area (Å²) in [6, 6.07) is 6.53. The number of amides is 2. The van der Waals surface area contributed by atoms with Crippen molar-refractivity contribution in [3.8, 4) is 0 Å². The largest absolute Gasteiger partial charge is 0.477 e. The zero-order valence-corrected chi connectivity index (χ0v) is 13.3. The molecule has 0 saturated carbocycles. The van der Waals surface area contributed by atoms with Crippen LogP contribution in [0, 0.1) is 5.92 Å². The Bertz CT molecular complexity index is 768. The second-order valence-electron chi connectivity index (χ2n) is 6.14. The summed E-state index contributed by atoms with van der Waals surface area (Å²) in [6.07, 6.45) is -0.453. The van der Waals surface area contributed by atoms with Crippen molar-refractivity contribution in [3.63, 3.8) is 0 Å². The van der Waals surface area contributed by atoms with Crippen molar-refractivity contribution in [1.82, 2.24) is 4.90 Å². The molecular formula is C17H18N2O5. The molecule has 3 N–H and O–H groups in total. The predicted octanol–water partition coefficient (Wildman–Crippen LogP) is 1.05. The van der Waals surface area contributed by atoms with Gasteiger partial charge in [-0.05, 0) is 36.6 Å². The van der Waals surface area contributed by atoms with Crippen LogP contribution < -0.4 is 5.32 Å². The van der Waals surface area contributed by atoms with Gasteiger partial charge in [0.1, 0.15) is 5.70 Å². The molecule has 2 aliphatic heterocycles. The molecule has 3 atom stereocenters. The molecule has 2 heterocycles. The third-order valence-electron chi connectivity index (χ3n) is 4.46. The van der Waals surface area contributed by atoms with E-state index < -0.39 is 18.0 Å². The first kappa shape index (κ1) is 16.2. The number of carboxylic acids is 1. The van der Waals surface area contributed by atoms with Crippen molar-refractivity contribution >= 4 is 29.0 Å². The van der Waals surface area contributed by atoms with E-state index in [1.165, 1.54) is 18.7 Å². The van der Waals surface area contributed by atoms with Gasteiger partial charge in [-0.1, -0.05) is 12.1 Å². The molecule has 3 rings (SSSR count). The van der Waals surface area contributed by atoms with E-state index in [0.717, 1.165) is 0 Å². The standard InChI is InChI=1S/C17H18N2O5/c1-8(20)14-13-7-12(15(17(23)24)19(13)16(14)22)10-4-3-5-11(6-10)18-9(2)21/h3-6,8,13-14,20H,7H2,1-2H3,(H,18,21)(H,23,24)/t8-,13-,14-/m1/s1. The molecule has 0 spiro atoms. The summed E-state index contributed by atoms with van der Waals surface area (Å²) < 4.78 is 0. The number of carbonyl (C=O) groups is 3. The van der Waals surface area contributed by atoms with Crippen molar-refractivity contribution in [3.05, 3.63) is 35.5 Å². The number of rotatable bonds is 4. The molecule has 0 unspecified atom stereocenters. The average molecular weight is 330 g/mol. The van der Waals surface area contributed by atoms with E-state index in [4.69, 9.17) is 0 Å². The Hall–Kier alpha value is -2.67. The minimum Gasteiger partial charge on any atom is -0.477 e. The number of carbonyl (C=O) groups excluding carboxylic acids is 2. The van der Waals surface area contributed by atoms with Gasteiger partial charge in [0, 0.05) is 12.6 Å². The highest BCUT2D eigenvalue weighted by molar-refractivity contribution is 6.06. The van der Waals surface area contributed by atoms with Gasteiger partial charge in [0.2, 0.25) is 11.8 Å². The van der Waals surface area contributed by atoms with Gasteiger partial charge in [-0.25, -0.2) is 4.79 Å². The number of hydrogen-bond donors (Lipinski definition) is 3. The molecule has 1 aromatic carbocycles. The third-order valence-corrected chi connectivity index (χ3v) is 4.46. The molecule has 0 aromatic heterocycles. The molecule has 0 aliphatic carbocycles. The van der Waals surface area contributed by atoms with Gasteiger partial charge in [0.05, 0.1) is 18.1 Å².